The van der Waals surface area contributed by atoms with Gasteiger partial charge in [-0.1, -0.05) is 25.1 Å². The molecule has 1 aromatic carbocycles. The van der Waals surface area contributed by atoms with Crippen LogP contribution in [0, 0.1) is 5.41 Å². The zero-order chi connectivity index (χ0) is 13.3. The third-order valence-corrected chi connectivity index (χ3v) is 4.11. The fourth-order valence-electron chi connectivity index (χ4n) is 2.75. The van der Waals surface area contributed by atoms with Gasteiger partial charge >= 0.3 is 0 Å². The molecule has 0 radical (unpaired) electrons. The molecule has 1 aromatic heterocycles. The van der Waals surface area contributed by atoms with Crippen molar-refractivity contribution in [2.45, 2.75) is 19.8 Å². The van der Waals surface area contributed by atoms with Crippen LogP contribution in [-0.2, 0) is 0 Å². The number of para-hydroxylation sites is 1. The number of carbonyl (C=O) groups is 1. The van der Waals surface area contributed by atoms with Crippen LogP contribution in [0.5, 0.6) is 0 Å². The normalized spacial score (nSPS) is 18.4. The molecule has 3 rings (SSSR count). The van der Waals surface area contributed by atoms with Crippen molar-refractivity contribution in [3.05, 3.63) is 42.1 Å². The Kier molecular flexibility index (Phi) is 3.07. The minimum Gasteiger partial charge on any atom is -0.317 e. The highest BCUT2D eigenvalue weighted by Crippen LogP contribution is 2.32. The first-order valence-electron chi connectivity index (χ1n) is 6.79. The smallest absolute Gasteiger partial charge is 0.170 e. The van der Waals surface area contributed by atoms with Gasteiger partial charge in [0.2, 0.25) is 0 Å². The quantitative estimate of drug-likeness (QED) is 0.838. The van der Waals surface area contributed by atoms with Crippen molar-refractivity contribution in [1.29, 1.82) is 0 Å². The molecule has 2 aromatic rings. The average molecular weight is 254 g/mol. The van der Waals surface area contributed by atoms with Crippen LogP contribution in [0.2, 0.25) is 0 Å². The predicted octanol–water partition coefficient (Wildman–Crippen LogP) is 2.81. The summed E-state index contributed by atoms with van der Waals surface area (Å²) in [5.41, 5.74) is 1.44. The molecular formula is C16H18N2O. The van der Waals surface area contributed by atoms with E-state index < -0.39 is 0 Å². The number of Topliss-reactive ketones (excluding diaryl/α,β-unsaturated/α-hetero) is 1. The molecule has 0 spiro atoms. The van der Waals surface area contributed by atoms with Gasteiger partial charge in [-0.25, -0.2) is 0 Å². The zero-order valence-electron chi connectivity index (χ0n) is 11.1. The standard InChI is InChI=1S/C16H18N2O/c1-16(6-8-17-9-7-16)15(19)13-10-12-4-2-3-5-14(12)18-11-13/h2-5,10-11,17H,6-9H2,1H3. The summed E-state index contributed by atoms with van der Waals surface area (Å²) in [6, 6.07) is 9.88. The van der Waals surface area contributed by atoms with Crippen LogP contribution in [0.1, 0.15) is 30.1 Å². The number of nitrogens with one attached hydrogen (secondary N) is 1. The van der Waals surface area contributed by atoms with Crippen molar-refractivity contribution in [1.82, 2.24) is 10.3 Å². The minimum atomic E-state index is -0.241. The summed E-state index contributed by atoms with van der Waals surface area (Å²) in [6.45, 7) is 3.91. The Balaban J connectivity index is 1.97. The molecule has 0 bridgehead atoms. The van der Waals surface area contributed by atoms with Gasteiger partial charge in [-0.2, -0.15) is 0 Å². The first kappa shape index (κ1) is 12.3. The maximum Gasteiger partial charge on any atom is 0.170 e. The number of hydrogen-bond acceptors (Lipinski definition) is 3. The lowest BCUT2D eigenvalue weighted by atomic mass is 9.75. The average Bonchev–Trinajstić information content (AvgIpc) is 2.47. The van der Waals surface area contributed by atoms with E-state index in [0.29, 0.717) is 0 Å². The summed E-state index contributed by atoms with van der Waals surface area (Å²) < 4.78 is 0. The lowest BCUT2D eigenvalue weighted by Crippen LogP contribution is -2.40. The van der Waals surface area contributed by atoms with E-state index in [-0.39, 0.29) is 11.2 Å². The molecule has 98 valence electrons. The van der Waals surface area contributed by atoms with Crippen LogP contribution in [-0.4, -0.2) is 23.9 Å². The van der Waals surface area contributed by atoms with E-state index in [1.54, 1.807) is 6.20 Å². The summed E-state index contributed by atoms with van der Waals surface area (Å²) in [5.74, 6) is 0.229. The number of aromatic nitrogens is 1. The third kappa shape index (κ3) is 2.26. The Bertz CT molecular complexity index is 615. The zero-order valence-corrected chi connectivity index (χ0v) is 11.1. The molecule has 19 heavy (non-hydrogen) atoms. The topological polar surface area (TPSA) is 42.0 Å². The number of hydrogen-bond donors (Lipinski definition) is 1. The Hall–Kier alpha value is -1.74. The van der Waals surface area contributed by atoms with Gasteiger partial charge in [-0.15, -0.1) is 0 Å². The van der Waals surface area contributed by atoms with Crippen LogP contribution in [0.4, 0.5) is 0 Å². The van der Waals surface area contributed by atoms with Gasteiger partial charge in [0.1, 0.15) is 0 Å². The van der Waals surface area contributed by atoms with Crippen LogP contribution < -0.4 is 5.32 Å². The van der Waals surface area contributed by atoms with E-state index in [4.69, 9.17) is 0 Å². The van der Waals surface area contributed by atoms with Crippen molar-refractivity contribution in [2.75, 3.05) is 13.1 Å². The lowest BCUT2D eigenvalue weighted by Gasteiger charge is -2.32. The van der Waals surface area contributed by atoms with Gasteiger partial charge in [0.05, 0.1) is 5.52 Å². The van der Waals surface area contributed by atoms with Gasteiger partial charge in [0, 0.05) is 22.6 Å². The number of piperidine rings is 1. The van der Waals surface area contributed by atoms with Crippen LogP contribution in [0.3, 0.4) is 0 Å². The van der Waals surface area contributed by atoms with E-state index >= 15 is 0 Å². The van der Waals surface area contributed by atoms with Gasteiger partial charge in [-0.05, 0) is 38.1 Å². The van der Waals surface area contributed by atoms with E-state index in [9.17, 15) is 4.79 Å². The van der Waals surface area contributed by atoms with Gasteiger partial charge in [0.25, 0.3) is 0 Å². The number of benzene rings is 1. The maximum absolute atomic E-state index is 12.7. The van der Waals surface area contributed by atoms with E-state index in [1.165, 1.54) is 0 Å². The molecule has 0 amide bonds. The largest absolute Gasteiger partial charge is 0.317 e. The summed E-state index contributed by atoms with van der Waals surface area (Å²) in [4.78, 5) is 17.1. The fraction of sp³-hybridized carbons (Fsp3) is 0.375. The molecule has 0 atom stereocenters. The first-order valence-corrected chi connectivity index (χ1v) is 6.79. The second kappa shape index (κ2) is 4.74. The van der Waals surface area contributed by atoms with Crippen molar-refractivity contribution in [3.63, 3.8) is 0 Å². The van der Waals surface area contributed by atoms with Crippen molar-refractivity contribution in [2.24, 2.45) is 5.41 Å². The van der Waals surface area contributed by atoms with Crippen LogP contribution >= 0.6 is 0 Å². The lowest BCUT2D eigenvalue weighted by molar-refractivity contribution is 0.0762. The summed E-state index contributed by atoms with van der Waals surface area (Å²) in [5, 5.41) is 4.34. The Morgan fingerprint density at radius 1 is 1.26 bits per heavy atom. The molecule has 1 aliphatic heterocycles. The minimum absolute atomic E-state index is 0.229. The number of ketones is 1. The van der Waals surface area contributed by atoms with Crippen LogP contribution in [0.25, 0.3) is 10.9 Å². The summed E-state index contributed by atoms with van der Waals surface area (Å²) >= 11 is 0. The molecule has 0 saturated carbocycles. The predicted molar refractivity (Wildman–Crippen MR) is 76.3 cm³/mol. The highest BCUT2D eigenvalue weighted by Gasteiger charge is 2.35. The summed E-state index contributed by atoms with van der Waals surface area (Å²) in [7, 11) is 0. The number of fused-ring (bicyclic) bond motifs is 1. The molecule has 1 N–H and O–H groups in total. The molecule has 1 saturated heterocycles. The van der Waals surface area contributed by atoms with Crippen molar-refractivity contribution in [3.8, 4) is 0 Å². The number of carbonyl (C=O) groups excluding carboxylic acids is 1. The van der Waals surface area contributed by atoms with Gasteiger partial charge in [-0.3, -0.25) is 9.78 Å². The first-order chi connectivity index (χ1) is 9.19. The van der Waals surface area contributed by atoms with Crippen LogP contribution in [0.15, 0.2) is 36.5 Å². The molecule has 0 aliphatic carbocycles. The molecule has 1 aliphatic rings. The fourth-order valence-corrected chi connectivity index (χ4v) is 2.75. The van der Waals surface area contributed by atoms with Crippen molar-refractivity contribution < 1.29 is 4.79 Å². The second-order valence-corrected chi connectivity index (χ2v) is 5.56. The molecular weight excluding hydrogens is 236 g/mol. The Labute approximate surface area is 113 Å². The maximum atomic E-state index is 12.7. The second-order valence-electron chi connectivity index (χ2n) is 5.56. The highest BCUT2D eigenvalue weighted by atomic mass is 16.1. The third-order valence-electron chi connectivity index (χ3n) is 4.11. The van der Waals surface area contributed by atoms with E-state index in [2.05, 4.69) is 17.2 Å². The molecule has 1 fully saturated rings. The SMILES string of the molecule is CC1(C(=O)c2cnc3ccccc3c2)CCNCC1. The number of pyridine rings is 1. The molecule has 0 unspecified atom stereocenters. The van der Waals surface area contributed by atoms with E-state index in [1.807, 2.05) is 30.3 Å². The highest BCUT2D eigenvalue weighted by molar-refractivity contribution is 6.02. The molecule has 3 heteroatoms. The number of nitrogens with zero attached hydrogens (tertiary/aromatic N) is 1. The van der Waals surface area contributed by atoms with Gasteiger partial charge < -0.3 is 5.32 Å². The molecule has 2 heterocycles. The Morgan fingerprint density at radius 3 is 2.79 bits per heavy atom. The van der Waals surface area contributed by atoms with Crippen molar-refractivity contribution >= 4 is 16.7 Å². The van der Waals surface area contributed by atoms with Gasteiger partial charge in [0.15, 0.2) is 5.78 Å². The summed E-state index contributed by atoms with van der Waals surface area (Å²) in [6.07, 6.45) is 3.52. The van der Waals surface area contributed by atoms with E-state index in [0.717, 1.165) is 42.4 Å². The Morgan fingerprint density at radius 2 is 2.00 bits per heavy atom. The monoisotopic (exact) mass is 254 g/mol. The molecule has 3 nitrogen and oxygen atoms in total. The number of rotatable bonds is 2.